The van der Waals surface area contributed by atoms with Crippen LogP contribution in [0, 0.1) is 13.8 Å². The van der Waals surface area contributed by atoms with Crippen molar-refractivity contribution in [2.45, 2.75) is 91.1 Å². The molecule has 30 heavy (non-hydrogen) atoms. The number of aromatic hydroxyl groups is 1. The summed E-state index contributed by atoms with van der Waals surface area (Å²) in [4.78, 5) is 0. The number of aliphatic hydroxyl groups is 1. The lowest BCUT2D eigenvalue weighted by molar-refractivity contribution is 0.0714. The average Bonchev–Trinajstić information content (AvgIpc) is 2.71. The van der Waals surface area contributed by atoms with Gasteiger partial charge in [0.15, 0.2) is 0 Å². The molecule has 2 heteroatoms. The zero-order valence-electron chi connectivity index (χ0n) is 19.8. The summed E-state index contributed by atoms with van der Waals surface area (Å²) in [6, 6.07) is 12.7. The van der Waals surface area contributed by atoms with Crippen LogP contribution in [0.25, 0.3) is 6.08 Å². The van der Waals surface area contributed by atoms with Gasteiger partial charge in [-0.15, -0.1) is 0 Å². The highest BCUT2D eigenvalue weighted by Crippen LogP contribution is 2.41. The smallest absolute Gasteiger partial charge is 0.118 e. The van der Waals surface area contributed by atoms with Crippen LogP contribution in [0.2, 0.25) is 0 Å². The number of phenols is 1. The molecule has 0 radical (unpaired) electrons. The molecule has 0 unspecified atom stereocenters. The zero-order valence-corrected chi connectivity index (χ0v) is 19.8. The predicted octanol–water partition coefficient (Wildman–Crippen LogP) is 7.46. The molecular formula is C28H40O2. The Morgan fingerprint density at radius 1 is 0.800 bits per heavy atom. The maximum Gasteiger partial charge on any atom is 0.118 e. The van der Waals surface area contributed by atoms with E-state index in [2.05, 4.69) is 71.0 Å². The molecule has 0 aromatic heterocycles. The van der Waals surface area contributed by atoms with Gasteiger partial charge in [-0.2, -0.15) is 0 Å². The molecule has 0 atom stereocenters. The van der Waals surface area contributed by atoms with Gasteiger partial charge >= 0.3 is 0 Å². The summed E-state index contributed by atoms with van der Waals surface area (Å²) in [6.07, 6.45) is 9.62. The second-order valence-corrected chi connectivity index (χ2v) is 8.80. The normalized spacial score (nSPS) is 12.6. The van der Waals surface area contributed by atoms with Gasteiger partial charge in [0.25, 0.3) is 0 Å². The fourth-order valence-corrected chi connectivity index (χ4v) is 4.75. The number of hydrogen-bond acceptors (Lipinski definition) is 2. The molecule has 0 aliphatic carbocycles. The zero-order chi connectivity index (χ0) is 22.4. The van der Waals surface area contributed by atoms with Crippen LogP contribution in [0.5, 0.6) is 5.75 Å². The van der Waals surface area contributed by atoms with E-state index < -0.39 is 5.60 Å². The molecule has 0 spiro atoms. The highest BCUT2D eigenvalue weighted by atomic mass is 16.3. The summed E-state index contributed by atoms with van der Waals surface area (Å²) in [7, 11) is 0. The van der Waals surface area contributed by atoms with Crippen molar-refractivity contribution in [2.75, 3.05) is 0 Å². The molecule has 2 N–H and O–H groups in total. The highest BCUT2D eigenvalue weighted by Gasteiger charge is 2.31. The number of hydrogen-bond donors (Lipinski definition) is 2. The minimum atomic E-state index is -0.714. The van der Waals surface area contributed by atoms with Crippen LogP contribution in [0.1, 0.15) is 94.0 Å². The van der Waals surface area contributed by atoms with Crippen LogP contribution in [0.15, 0.2) is 42.5 Å². The summed E-state index contributed by atoms with van der Waals surface area (Å²) in [5.74, 6) is 0.350. The minimum Gasteiger partial charge on any atom is -0.508 e. The van der Waals surface area contributed by atoms with Gasteiger partial charge < -0.3 is 10.2 Å². The first kappa shape index (κ1) is 24.2. The van der Waals surface area contributed by atoms with Crippen LogP contribution < -0.4 is 0 Å². The summed E-state index contributed by atoms with van der Waals surface area (Å²) in [6.45, 7) is 12.8. The SMILES string of the molecule is CCCC(O)(C=Cc1ccc(C(CC)(CC)c2ccc(O)c(C)c2)cc1C)CCC. The van der Waals surface area contributed by atoms with E-state index in [0.29, 0.717) is 5.75 Å². The van der Waals surface area contributed by atoms with Gasteiger partial charge in [-0.3, -0.25) is 0 Å². The molecule has 2 aromatic carbocycles. The second kappa shape index (κ2) is 10.3. The average molecular weight is 409 g/mol. The molecule has 0 amide bonds. The fourth-order valence-electron chi connectivity index (χ4n) is 4.75. The molecule has 164 valence electrons. The van der Waals surface area contributed by atoms with Gasteiger partial charge in [-0.1, -0.05) is 83.0 Å². The van der Waals surface area contributed by atoms with E-state index >= 15 is 0 Å². The monoisotopic (exact) mass is 408 g/mol. The quantitative estimate of drug-likeness (QED) is 0.428. The summed E-state index contributed by atoms with van der Waals surface area (Å²) in [5.41, 5.74) is 5.08. The van der Waals surface area contributed by atoms with Crippen molar-refractivity contribution in [3.8, 4) is 5.75 Å². The molecular weight excluding hydrogens is 368 g/mol. The number of rotatable bonds is 10. The third kappa shape index (κ3) is 5.16. The standard InChI is InChI=1S/C28H40O2/c1-7-16-27(30,17-8-2)18-15-23-11-12-24(19-21(23)5)28(9-3,10-4)25-13-14-26(29)22(6)20-25/h11-15,18-20,29-30H,7-10,16-17H2,1-6H3. The van der Waals surface area contributed by atoms with E-state index in [1.807, 2.05) is 19.1 Å². The second-order valence-electron chi connectivity index (χ2n) is 8.80. The number of phenolic OH excluding ortho intramolecular Hbond substituents is 1. The maximum absolute atomic E-state index is 10.9. The Labute approximate surface area is 183 Å². The van der Waals surface area contributed by atoms with Crippen LogP contribution in [0.4, 0.5) is 0 Å². The fraction of sp³-hybridized carbons (Fsp3) is 0.500. The largest absolute Gasteiger partial charge is 0.508 e. The molecule has 0 aliphatic heterocycles. The Morgan fingerprint density at radius 2 is 1.33 bits per heavy atom. The van der Waals surface area contributed by atoms with Gasteiger partial charge in [0.2, 0.25) is 0 Å². The first-order valence-corrected chi connectivity index (χ1v) is 11.6. The Bertz CT molecular complexity index is 853. The molecule has 0 heterocycles. The molecule has 0 bridgehead atoms. The topological polar surface area (TPSA) is 40.5 Å². The Kier molecular flexibility index (Phi) is 8.32. The van der Waals surface area contributed by atoms with Crippen molar-refractivity contribution in [2.24, 2.45) is 0 Å². The first-order valence-electron chi connectivity index (χ1n) is 11.6. The van der Waals surface area contributed by atoms with E-state index in [0.717, 1.165) is 49.7 Å². The van der Waals surface area contributed by atoms with Crippen molar-refractivity contribution in [3.63, 3.8) is 0 Å². The molecule has 2 aromatic rings. The third-order valence-electron chi connectivity index (χ3n) is 6.72. The van der Waals surface area contributed by atoms with Crippen LogP contribution in [0.3, 0.4) is 0 Å². The van der Waals surface area contributed by atoms with Crippen molar-refractivity contribution in [1.82, 2.24) is 0 Å². The molecule has 0 saturated heterocycles. The molecule has 2 rings (SSSR count). The summed E-state index contributed by atoms with van der Waals surface area (Å²) >= 11 is 0. The maximum atomic E-state index is 10.9. The van der Waals surface area contributed by atoms with Crippen LogP contribution >= 0.6 is 0 Å². The van der Waals surface area contributed by atoms with E-state index in [1.54, 1.807) is 0 Å². The lowest BCUT2D eigenvalue weighted by Gasteiger charge is -2.34. The molecule has 0 saturated carbocycles. The lowest BCUT2D eigenvalue weighted by Crippen LogP contribution is -2.26. The third-order valence-corrected chi connectivity index (χ3v) is 6.72. The molecule has 0 aliphatic rings. The summed E-state index contributed by atoms with van der Waals surface area (Å²) in [5, 5.41) is 20.9. The van der Waals surface area contributed by atoms with E-state index in [1.165, 1.54) is 16.7 Å². The van der Waals surface area contributed by atoms with Crippen molar-refractivity contribution >= 4 is 6.08 Å². The summed E-state index contributed by atoms with van der Waals surface area (Å²) < 4.78 is 0. The van der Waals surface area contributed by atoms with Crippen molar-refractivity contribution < 1.29 is 10.2 Å². The van der Waals surface area contributed by atoms with E-state index in [9.17, 15) is 10.2 Å². The first-order chi connectivity index (χ1) is 14.2. The van der Waals surface area contributed by atoms with Gasteiger partial charge in [-0.25, -0.2) is 0 Å². The minimum absolute atomic E-state index is 0.0728. The molecule has 2 nitrogen and oxygen atoms in total. The van der Waals surface area contributed by atoms with Crippen molar-refractivity contribution in [1.29, 1.82) is 0 Å². The highest BCUT2D eigenvalue weighted by molar-refractivity contribution is 5.57. The predicted molar refractivity (Wildman–Crippen MR) is 129 cm³/mol. The Balaban J connectivity index is 2.44. The number of benzene rings is 2. The van der Waals surface area contributed by atoms with Gasteiger partial charge in [0, 0.05) is 5.41 Å². The van der Waals surface area contributed by atoms with Crippen LogP contribution in [-0.4, -0.2) is 15.8 Å². The van der Waals surface area contributed by atoms with E-state index in [-0.39, 0.29) is 5.41 Å². The Morgan fingerprint density at radius 3 is 1.80 bits per heavy atom. The van der Waals surface area contributed by atoms with Gasteiger partial charge in [0.1, 0.15) is 5.75 Å². The lowest BCUT2D eigenvalue weighted by atomic mass is 9.70. The van der Waals surface area contributed by atoms with E-state index in [4.69, 9.17) is 0 Å². The Hall–Kier alpha value is -2.06. The van der Waals surface area contributed by atoms with Crippen LogP contribution in [-0.2, 0) is 5.41 Å². The number of aryl methyl sites for hydroxylation is 2. The molecule has 0 fully saturated rings. The van der Waals surface area contributed by atoms with Gasteiger partial charge in [0.05, 0.1) is 5.60 Å². The van der Waals surface area contributed by atoms with Crippen molar-refractivity contribution in [3.05, 3.63) is 70.3 Å². The van der Waals surface area contributed by atoms with Gasteiger partial charge in [-0.05, 0) is 73.4 Å².